The maximum Gasteiger partial charge on any atom is -0.0443 e. The molecule has 0 heteroatoms. The Kier molecular flexibility index (Phi) is 32.2. The van der Waals surface area contributed by atoms with Crippen LogP contribution in [0, 0.1) is 11.8 Å². The normalized spacial score (nSPS) is 13.3. The van der Waals surface area contributed by atoms with E-state index >= 15 is 0 Å². The Hall–Kier alpha value is 0. The molecule has 37 heavy (non-hydrogen) atoms. The van der Waals surface area contributed by atoms with Crippen molar-refractivity contribution in [3.63, 3.8) is 0 Å². The SMILES string of the molecule is CCCCCCCCCCCCCCCCC(C)CCCCCCCC(C)CCCCCCCCCC. The summed E-state index contributed by atoms with van der Waals surface area (Å²) in [5, 5.41) is 0. The first-order chi connectivity index (χ1) is 18.2. The van der Waals surface area contributed by atoms with Crippen LogP contribution in [0.1, 0.15) is 227 Å². The highest BCUT2D eigenvalue weighted by atomic mass is 14.1. The molecule has 0 aromatic heterocycles. The Balaban J connectivity index is 3.23. The van der Waals surface area contributed by atoms with Crippen LogP contribution < -0.4 is 0 Å². The van der Waals surface area contributed by atoms with Crippen molar-refractivity contribution in [3.05, 3.63) is 0 Å². The van der Waals surface area contributed by atoms with E-state index in [0.29, 0.717) is 0 Å². The van der Waals surface area contributed by atoms with Gasteiger partial charge in [-0.1, -0.05) is 227 Å². The molecule has 0 aliphatic carbocycles. The summed E-state index contributed by atoms with van der Waals surface area (Å²) < 4.78 is 0. The van der Waals surface area contributed by atoms with Gasteiger partial charge in [-0.25, -0.2) is 0 Å². The zero-order chi connectivity index (χ0) is 27.1. The Labute approximate surface area is 238 Å². The molecule has 0 saturated heterocycles. The van der Waals surface area contributed by atoms with Gasteiger partial charge in [-0.05, 0) is 11.8 Å². The van der Waals surface area contributed by atoms with Gasteiger partial charge in [0.25, 0.3) is 0 Å². The molecule has 0 radical (unpaired) electrons. The van der Waals surface area contributed by atoms with Gasteiger partial charge in [0.2, 0.25) is 0 Å². The molecule has 0 heterocycles. The third kappa shape index (κ3) is 32.1. The molecule has 0 rings (SSSR count). The summed E-state index contributed by atoms with van der Waals surface area (Å²) in [6.07, 6.45) is 45.6. The fourth-order valence-electron chi connectivity index (χ4n) is 6.12. The van der Waals surface area contributed by atoms with Gasteiger partial charge in [0, 0.05) is 0 Å². The van der Waals surface area contributed by atoms with Crippen molar-refractivity contribution in [2.45, 2.75) is 227 Å². The molecule has 2 atom stereocenters. The summed E-state index contributed by atoms with van der Waals surface area (Å²) in [6.45, 7) is 9.63. The molecular formula is C37H76. The van der Waals surface area contributed by atoms with Crippen molar-refractivity contribution in [2.24, 2.45) is 11.8 Å². The van der Waals surface area contributed by atoms with E-state index < -0.39 is 0 Å². The summed E-state index contributed by atoms with van der Waals surface area (Å²) in [7, 11) is 0. The molecule has 0 N–H and O–H groups in total. The van der Waals surface area contributed by atoms with Crippen molar-refractivity contribution in [3.8, 4) is 0 Å². The topological polar surface area (TPSA) is 0 Å². The third-order valence-electron chi connectivity index (χ3n) is 8.99. The van der Waals surface area contributed by atoms with Gasteiger partial charge in [0.15, 0.2) is 0 Å². The van der Waals surface area contributed by atoms with Crippen LogP contribution in [0.5, 0.6) is 0 Å². The molecule has 0 bridgehead atoms. The Morgan fingerprint density at radius 3 is 0.595 bits per heavy atom. The standard InChI is InChI=1S/C37H76/c1-5-7-9-11-13-15-16-17-18-19-20-22-25-29-33-37(4)35-31-27-23-26-30-34-36(3)32-28-24-21-14-12-10-8-6-2/h36-37H,5-35H2,1-4H3. The van der Waals surface area contributed by atoms with Crippen molar-refractivity contribution < 1.29 is 0 Å². The van der Waals surface area contributed by atoms with Crippen LogP contribution in [-0.4, -0.2) is 0 Å². The minimum absolute atomic E-state index is 0.962. The van der Waals surface area contributed by atoms with E-state index in [1.54, 1.807) is 0 Å². The van der Waals surface area contributed by atoms with Crippen molar-refractivity contribution in [1.82, 2.24) is 0 Å². The second kappa shape index (κ2) is 32.2. The lowest BCUT2D eigenvalue weighted by atomic mass is 9.94. The highest BCUT2D eigenvalue weighted by molar-refractivity contribution is 4.58. The molecule has 0 aromatic carbocycles. The summed E-state index contributed by atoms with van der Waals surface area (Å²) >= 11 is 0. The molecule has 0 nitrogen and oxygen atoms in total. The van der Waals surface area contributed by atoms with E-state index in [4.69, 9.17) is 0 Å². The van der Waals surface area contributed by atoms with E-state index in [2.05, 4.69) is 27.7 Å². The number of hydrogen-bond donors (Lipinski definition) is 0. The molecule has 2 unspecified atom stereocenters. The van der Waals surface area contributed by atoms with Crippen LogP contribution in [0.15, 0.2) is 0 Å². The highest BCUT2D eigenvalue weighted by Gasteiger charge is 2.04. The number of rotatable bonds is 32. The lowest BCUT2D eigenvalue weighted by Gasteiger charge is -2.12. The lowest BCUT2D eigenvalue weighted by molar-refractivity contribution is 0.416. The molecule has 0 saturated carbocycles. The highest BCUT2D eigenvalue weighted by Crippen LogP contribution is 2.21. The second-order valence-electron chi connectivity index (χ2n) is 13.2. The Morgan fingerprint density at radius 1 is 0.243 bits per heavy atom. The zero-order valence-electron chi connectivity index (χ0n) is 27.1. The van der Waals surface area contributed by atoms with Gasteiger partial charge < -0.3 is 0 Å². The molecule has 224 valence electrons. The maximum atomic E-state index is 2.51. The van der Waals surface area contributed by atoms with Crippen molar-refractivity contribution in [1.29, 1.82) is 0 Å². The van der Waals surface area contributed by atoms with E-state index in [0.717, 1.165) is 11.8 Å². The van der Waals surface area contributed by atoms with E-state index in [1.807, 2.05) is 0 Å². The van der Waals surface area contributed by atoms with Gasteiger partial charge in [-0.15, -0.1) is 0 Å². The minimum Gasteiger partial charge on any atom is -0.0654 e. The molecule has 0 spiro atoms. The average molecular weight is 521 g/mol. The van der Waals surface area contributed by atoms with Gasteiger partial charge in [-0.2, -0.15) is 0 Å². The monoisotopic (exact) mass is 521 g/mol. The minimum atomic E-state index is 0.962. The lowest BCUT2D eigenvalue weighted by Crippen LogP contribution is -1.96. The molecule has 0 aromatic rings. The molecule has 0 amide bonds. The molecule has 0 fully saturated rings. The van der Waals surface area contributed by atoms with Crippen LogP contribution >= 0.6 is 0 Å². The van der Waals surface area contributed by atoms with Gasteiger partial charge >= 0.3 is 0 Å². The Morgan fingerprint density at radius 2 is 0.405 bits per heavy atom. The second-order valence-corrected chi connectivity index (χ2v) is 13.2. The largest absolute Gasteiger partial charge is 0.0654 e. The predicted octanol–water partition coefficient (Wildman–Crippen LogP) is 14.4. The third-order valence-corrected chi connectivity index (χ3v) is 8.99. The van der Waals surface area contributed by atoms with Crippen LogP contribution in [-0.2, 0) is 0 Å². The van der Waals surface area contributed by atoms with Gasteiger partial charge in [0.05, 0.1) is 0 Å². The van der Waals surface area contributed by atoms with Crippen LogP contribution in [0.2, 0.25) is 0 Å². The van der Waals surface area contributed by atoms with Crippen LogP contribution in [0.4, 0.5) is 0 Å². The van der Waals surface area contributed by atoms with Gasteiger partial charge in [0.1, 0.15) is 0 Å². The first-order valence-corrected chi connectivity index (χ1v) is 18.2. The van der Waals surface area contributed by atoms with Gasteiger partial charge in [-0.3, -0.25) is 0 Å². The summed E-state index contributed by atoms with van der Waals surface area (Å²) in [5.41, 5.74) is 0. The van der Waals surface area contributed by atoms with E-state index in [1.165, 1.54) is 199 Å². The van der Waals surface area contributed by atoms with Crippen molar-refractivity contribution in [2.75, 3.05) is 0 Å². The van der Waals surface area contributed by atoms with E-state index in [-0.39, 0.29) is 0 Å². The first kappa shape index (κ1) is 37.0. The molecule has 0 aliphatic rings. The fourth-order valence-corrected chi connectivity index (χ4v) is 6.12. The summed E-state index contributed by atoms with van der Waals surface area (Å²) in [6, 6.07) is 0. The Bertz CT molecular complexity index is 385. The predicted molar refractivity (Wildman–Crippen MR) is 173 cm³/mol. The fraction of sp³-hybridized carbons (Fsp3) is 1.00. The molecule has 0 aliphatic heterocycles. The quantitative estimate of drug-likeness (QED) is 0.0773. The van der Waals surface area contributed by atoms with Crippen LogP contribution in [0.3, 0.4) is 0 Å². The number of hydrogen-bond acceptors (Lipinski definition) is 0. The van der Waals surface area contributed by atoms with Crippen molar-refractivity contribution >= 4 is 0 Å². The number of unbranched alkanes of at least 4 members (excludes halogenated alkanes) is 24. The smallest absolute Gasteiger partial charge is 0.0443 e. The van der Waals surface area contributed by atoms with E-state index in [9.17, 15) is 0 Å². The average Bonchev–Trinajstić information content (AvgIpc) is 2.89. The maximum absolute atomic E-state index is 2.51. The summed E-state index contributed by atoms with van der Waals surface area (Å²) in [4.78, 5) is 0. The molecular weight excluding hydrogens is 444 g/mol. The van der Waals surface area contributed by atoms with Crippen LogP contribution in [0.25, 0.3) is 0 Å². The zero-order valence-corrected chi connectivity index (χ0v) is 27.1. The first-order valence-electron chi connectivity index (χ1n) is 18.2. The summed E-state index contributed by atoms with van der Waals surface area (Å²) in [5.74, 6) is 1.93.